The number of amides is 1. The van der Waals surface area contributed by atoms with Gasteiger partial charge >= 0.3 is 0 Å². The molecule has 0 unspecified atom stereocenters. The minimum atomic E-state index is 0.0237. The second-order valence-electron chi connectivity index (χ2n) is 4.71. The average molecular weight is 313 g/mol. The predicted molar refractivity (Wildman–Crippen MR) is 84.3 cm³/mol. The van der Waals surface area contributed by atoms with E-state index in [1.165, 1.54) is 4.88 Å². The van der Waals surface area contributed by atoms with Crippen molar-refractivity contribution >= 4 is 17.2 Å². The molecule has 0 spiro atoms. The molecule has 0 saturated heterocycles. The third-order valence-electron chi connectivity index (χ3n) is 3.33. The van der Waals surface area contributed by atoms with Gasteiger partial charge in [0.2, 0.25) is 5.82 Å². The minimum absolute atomic E-state index is 0.0237. The number of carbonyl (C=O) groups excluding carboxylic acids is 1. The van der Waals surface area contributed by atoms with E-state index in [0.717, 1.165) is 5.56 Å². The third-order valence-corrected chi connectivity index (χ3v) is 4.19. The molecule has 0 aliphatic rings. The number of aromatic nitrogens is 4. The molecule has 112 valence electrons. The van der Waals surface area contributed by atoms with E-state index in [9.17, 15) is 4.79 Å². The SMILES string of the molecule is CCN(Cc1cccs1)C(=O)c1ccc(-c2nn[nH]n2)cc1. The summed E-state index contributed by atoms with van der Waals surface area (Å²) in [4.78, 5) is 15.6. The first-order valence-corrected chi connectivity index (χ1v) is 7.81. The van der Waals surface area contributed by atoms with Gasteiger partial charge in [-0.2, -0.15) is 5.21 Å². The molecule has 3 rings (SSSR count). The van der Waals surface area contributed by atoms with Crippen LogP contribution in [0.3, 0.4) is 0 Å². The predicted octanol–water partition coefficient (Wildman–Crippen LogP) is 2.59. The van der Waals surface area contributed by atoms with E-state index >= 15 is 0 Å². The highest BCUT2D eigenvalue weighted by Crippen LogP contribution is 2.17. The summed E-state index contributed by atoms with van der Waals surface area (Å²) in [7, 11) is 0. The highest BCUT2D eigenvalue weighted by molar-refractivity contribution is 7.09. The number of carbonyl (C=O) groups is 1. The van der Waals surface area contributed by atoms with Gasteiger partial charge in [-0.1, -0.05) is 18.2 Å². The van der Waals surface area contributed by atoms with Crippen LogP contribution < -0.4 is 0 Å². The number of aromatic amines is 1. The zero-order valence-corrected chi connectivity index (χ0v) is 12.9. The second-order valence-corrected chi connectivity index (χ2v) is 5.74. The maximum absolute atomic E-state index is 12.6. The van der Waals surface area contributed by atoms with Gasteiger partial charge in [0.15, 0.2) is 0 Å². The number of hydrogen-bond donors (Lipinski definition) is 1. The van der Waals surface area contributed by atoms with Gasteiger partial charge in [-0.05, 0) is 35.7 Å². The van der Waals surface area contributed by atoms with Gasteiger partial charge in [-0.15, -0.1) is 21.5 Å². The maximum atomic E-state index is 12.6. The van der Waals surface area contributed by atoms with Gasteiger partial charge in [0.1, 0.15) is 0 Å². The van der Waals surface area contributed by atoms with Crippen LogP contribution in [0.15, 0.2) is 41.8 Å². The molecule has 2 heterocycles. The molecular formula is C15H15N5OS. The fraction of sp³-hybridized carbons (Fsp3) is 0.200. The normalized spacial score (nSPS) is 10.6. The van der Waals surface area contributed by atoms with E-state index in [1.54, 1.807) is 23.5 Å². The summed E-state index contributed by atoms with van der Waals surface area (Å²) in [6.07, 6.45) is 0. The van der Waals surface area contributed by atoms with Crippen LogP contribution in [-0.4, -0.2) is 38.0 Å². The van der Waals surface area contributed by atoms with Crippen molar-refractivity contribution in [3.8, 4) is 11.4 Å². The molecule has 0 radical (unpaired) electrons. The van der Waals surface area contributed by atoms with E-state index in [1.807, 2.05) is 41.5 Å². The molecule has 0 fully saturated rings. The van der Waals surface area contributed by atoms with Crippen LogP contribution in [0.25, 0.3) is 11.4 Å². The molecule has 0 aliphatic carbocycles. The number of tetrazole rings is 1. The van der Waals surface area contributed by atoms with Crippen molar-refractivity contribution in [1.29, 1.82) is 0 Å². The number of H-pyrrole nitrogens is 1. The molecule has 0 atom stereocenters. The lowest BCUT2D eigenvalue weighted by Crippen LogP contribution is -2.29. The lowest BCUT2D eigenvalue weighted by molar-refractivity contribution is 0.0754. The Kier molecular flexibility index (Phi) is 4.24. The number of nitrogens with zero attached hydrogens (tertiary/aromatic N) is 4. The molecule has 7 heteroatoms. The Balaban J connectivity index is 1.76. The molecule has 22 heavy (non-hydrogen) atoms. The van der Waals surface area contributed by atoms with Crippen LogP contribution in [0.1, 0.15) is 22.2 Å². The average Bonchev–Trinajstić information content (AvgIpc) is 3.25. The van der Waals surface area contributed by atoms with Gasteiger partial charge in [0.25, 0.3) is 5.91 Å². The smallest absolute Gasteiger partial charge is 0.254 e. The molecule has 3 aromatic rings. The van der Waals surface area contributed by atoms with E-state index in [0.29, 0.717) is 24.5 Å². The summed E-state index contributed by atoms with van der Waals surface area (Å²) in [5.74, 6) is 0.542. The Morgan fingerprint density at radius 3 is 2.68 bits per heavy atom. The first-order valence-electron chi connectivity index (χ1n) is 6.93. The number of benzene rings is 1. The van der Waals surface area contributed by atoms with Crippen LogP contribution in [0.4, 0.5) is 0 Å². The van der Waals surface area contributed by atoms with Gasteiger partial charge < -0.3 is 4.90 Å². The molecule has 1 aromatic carbocycles. The third kappa shape index (κ3) is 3.04. The summed E-state index contributed by atoms with van der Waals surface area (Å²) in [5.41, 5.74) is 1.48. The number of thiophene rings is 1. The first kappa shape index (κ1) is 14.4. The van der Waals surface area contributed by atoms with Crippen molar-refractivity contribution < 1.29 is 4.79 Å². The van der Waals surface area contributed by atoms with Crippen molar-refractivity contribution in [1.82, 2.24) is 25.5 Å². The summed E-state index contributed by atoms with van der Waals surface area (Å²) in [6.45, 7) is 3.29. The van der Waals surface area contributed by atoms with Gasteiger partial charge in [-0.25, -0.2) is 0 Å². The molecule has 0 aliphatic heterocycles. The summed E-state index contributed by atoms with van der Waals surface area (Å²) < 4.78 is 0. The van der Waals surface area contributed by atoms with Crippen molar-refractivity contribution in [3.63, 3.8) is 0 Å². The monoisotopic (exact) mass is 313 g/mol. The van der Waals surface area contributed by atoms with Crippen molar-refractivity contribution in [3.05, 3.63) is 52.2 Å². The summed E-state index contributed by atoms with van der Waals surface area (Å²) in [6, 6.07) is 11.3. The lowest BCUT2D eigenvalue weighted by atomic mass is 10.1. The largest absolute Gasteiger partial charge is 0.334 e. The van der Waals surface area contributed by atoms with Crippen LogP contribution in [-0.2, 0) is 6.54 Å². The fourth-order valence-electron chi connectivity index (χ4n) is 2.15. The maximum Gasteiger partial charge on any atom is 0.254 e. The minimum Gasteiger partial charge on any atom is -0.334 e. The first-order chi connectivity index (χ1) is 10.8. The number of hydrogen-bond acceptors (Lipinski definition) is 5. The van der Waals surface area contributed by atoms with Gasteiger partial charge in [0.05, 0.1) is 6.54 Å². The highest BCUT2D eigenvalue weighted by atomic mass is 32.1. The number of rotatable bonds is 5. The zero-order valence-electron chi connectivity index (χ0n) is 12.1. The molecule has 1 amide bonds. The van der Waals surface area contributed by atoms with E-state index in [2.05, 4.69) is 20.6 Å². The molecule has 6 nitrogen and oxygen atoms in total. The number of nitrogens with one attached hydrogen (secondary N) is 1. The Labute approximate surface area is 131 Å². The molecular weight excluding hydrogens is 298 g/mol. The van der Waals surface area contributed by atoms with E-state index in [-0.39, 0.29) is 5.91 Å². The Bertz CT molecular complexity index is 722. The molecule has 2 aromatic heterocycles. The van der Waals surface area contributed by atoms with Crippen LogP contribution in [0, 0.1) is 0 Å². The zero-order chi connectivity index (χ0) is 15.4. The van der Waals surface area contributed by atoms with Gasteiger partial charge in [-0.3, -0.25) is 4.79 Å². The second kappa shape index (κ2) is 6.48. The van der Waals surface area contributed by atoms with Crippen LogP contribution in [0.5, 0.6) is 0 Å². The highest BCUT2D eigenvalue weighted by Gasteiger charge is 2.15. The van der Waals surface area contributed by atoms with Crippen molar-refractivity contribution in [2.24, 2.45) is 0 Å². The van der Waals surface area contributed by atoms with Gasteiger partial charge in [0, 0.05) is 22.5 Å². The Morgan fingerprint density at radius 1 is 1.27 bits per heavy atom. The molecule has 0 saturated carbocycles. The molecule has 0 bridgehead atoms. The van der Waals surface area contributed by atoms with Crippen molar-refractivity contribution in [2.45, 2.75) is 13.5 Å². The van der Waals surface area contributed by atoms with Crippen LogP contribution >= 0.6 is 11.3 Å². The summed E-state index contributed by atoms with van der Waals surface area (Å²) in [5, 5.41) is 15.8. The van der Waals surface area contributed by atoms with Crippen molar-refractivity contribution in [2.75, 3.05) is 6.54 Å². The lowest BCUT2D eigenvalue weighted by Gasteiger charge is -2.20. The molecule has 1 N–H and O–H groups in total. The quantitative estimate of drug-likeness (QED) is 0.785. The van der Waals surface area contributed by atoms with Crippen LogP contribution in [0.2, 0.25) is 0 Å². The Hall–Kier alpha value is -2.54. The topological polar surface area (TPSA) is 74.8 Å². The van der Waals surface area contributed by atoms with E-state index < -0.39 is 0 Å². The van der Waals surface area contributed by atoms with E-state index in [4.69, 9.17) is 0 Å². The Morgan fingerprint density at radius 2 is 2.09 bits per heavy atom. The fourth-order valence-corrected chi connectivity index (χ4v) is 2.87. The standard InChI is InChI=1S/C15H15N5OS/c1-2-20(10-13-4-3-9-22-13)15(21)12-7-5-11(6-8-12)14-16-18-19-17-14/h3-9H,2,10H2,1H3,(H,16,17,18,19). The summed E-state index contributed by atoms with van der Waals surface area (Å²) >= 11 is 1.66.